The number of ether oxygens (including phenoxy) is 4. The second kappa shape index (κ2) is 7.71. The molecule has 1 heterocycles. The monoisotopic (exact) mass is 388 g/mol. The molecule has 0 fully saturated rings. The molecule has 0 N–H and O–H groups in total. The van der Waals surface area contributed by atoms with Crippen molar-refractivity contribution >= 4 is 27.5 Å². The van der Waals surface area contributed by atoms with Gasteiger partial charge in [-0.2, -0.15) is 4.99 Å². The van der Waals surface area contributed by atoms with E-state index >= 15 is 0 Å². The van der Waals surface area contributed by atoms with E-state index in [1.165, 1.54) is 25.6 Å². The van der Waals surface area contributed by atoms with Gasteiger partial charge in [0.2, 0.25) is 0 Å². The number of fused-ring (bicyclic) bond motifs is 1. The molecule has 0 aliphatic heterocycles. The first kappa shape index (κ1) is 18.8. The van der Waals surface area contributed by atoms with E-state index in [0.29, 0.717) is 33.4 Å². The smallest absolute Gasteiger partial charge is 0.279 e. The van der Waals surface area contributed by atoms with Gasteiger partial charge < -0.3 is 23.5 Å². The minimum absolute atomic E-state index is 0.377. The minimum atomic E-state index is -0.396. The van der Waals surface area contributed by atoms with Gasteiger partial charge in [0.1, 0.15) is 33.2 Å². The van der Waals surface area contributed by atoms with Gasteiger partial charge >= 0.3 is 0 Å². The van der Waals surface area contributed by atoms with Crippen molar-refractivity contribution in [2.45, 2.75) is 0 Å². The van der Waals surface area contributed by atoms with Crippen LogP contribution in [0.5, 0.6) is 23.0 Å². The standard InChI is InChI=1S/C19H20N2O5S/c1-21-16-14(25-4)6-7-15(26-5)17(16)27-19(21)20-18(22)11-8-12(23-2)10-13(9-11)24-3/h6-10H,1-5H3. The first-order valence-corrected chi connectivity index (χ1v) is 8.86. The molecule has 0 unspecified atom stereocenters. The van der Waals surface area contributed by atoms with Crippen LogP contribution in [0.3, 0.4) is 0 Å². The summed E-state index contributed by atoms with van der Waals surface area (Å²) < 4.78 is 24.0. The number of aromatic nitrogens is 1. The van der Waals surface area contributed by atoms with Crippen LogP contribution in [0.15, 0.2) is 35.3 Å². The number of methoxy groups -OCH3 is 4. The maximum atomic E-state index is 12.7. The van der Waals surface area contributed by atoms with Crippen molar-refractivity contribution in [2.75, 3.05) is 28.4 Å². The Bertz CT molecular complexity index is 1050. The van der Waals surface area contributed by atoms with Gasteiger partial charge in [0.25, 0.3) is 5.91 Å². The van der Waals surface area contributed by atoms with Crippen molar-refractivity contribution in [1.29, 1.82) is 0 Å². The van der Waals surface area contributed by atoms with Crippen molar-refractivity contribution < 1.29 is 23.7 Å². The van der Waals surface area contributed by atoms with Crippen LogP contribution in [0.2, 0.25) is 0 Å². The molecule has 0 saturated carbocycles. The first-order chi connectivity index (χ1) is 13.0. The number of hydrogen-bond donors (Lipinski definition) is 0. The van der Waals surface area contributed by atoms with Crippen LogP contribution in [0.1, 0.15) is 10.4 Å². The second-order valence-corrected chi connectivity index (χ2v) is 6.59. The topological polar surface area (TPSA) is 71.3 Å². The van der Waals surface area contributed by atoms with Gasteiger partial charge in [0.05, 0.1) is 28.4 Å². The highest BCUT2D eigenvalue weighted by Gasteiger charge is 2.15. The lowest BCUT2D eigenvalue weighted by Crippen LogP contribution is -2.13. The summed E-state index contributed by atoms with van der Waals surface area (Å²) in [6.07, 6.45) is 0. The average molecular weight is 388 g/mol. The van der Waals surface area contributed by atoms with Gasteiger partial charge in [-0.1, -0.05) is 11.3 Å². The molecule has 0 spiro atoms. The number of carbonyl (C=O) groups excluding carboxylic acids is 1. The molecular formula is C19H20N2O5S. The zero-order valence-electron chi connectivity index (χ0n) is 15.7. The molecule has 1 aromatic heterocycles. The molecule has 0 radical (unpaired) electrons. The van der Waals surface area contributed by atoms with Crippen molar-refractivity contribution in [1.82, 2.24) is 4.57 Å². The molecule has 0 atom stereocenters. The molecule has 0 saturated heterocycles. The van der Waals surface area contributed by atoms with Gasteiger partial charge in [-0.15, -0.1) is 0 Å². The van der Waals surface area contributed by atoms with E-state index in [1.54, 1.807) is 32.4 Å². The highest BCUT2D eigenvalue weighted by Crippen LogP contribution is 2.34. The number of amides is 1. The number of benzene rings is 2. The van der Waals surface area contributed by atoms with Crippen molar-refractivity contribution in [3.05, 3.63) is 40.7 Å². The molecule has 0 bridgehead atoms. The Morgan fingerprint density at radius 2 is 1.52 bits per heavy atom. The third-order valence-corrected chi connectivity index (χ3v) is 5.26. The lowest BCUT2D eigenvalue weighted by atomic mass is 10.2. The summed E-state index contributed by atoms with van der Waals surface area (Å²) in [5.74, 6) is 2.03. The average Bonchev–Trinajstić information content (AvgIpc) is 3.03. The van der Waals surface area contributed by atoms with Crippen molar-refractivity contribution in [2.24, 2.45) is 12.0 Å². The molecule has 7 nitrogen and oxygen atoms in total. The van der Waals surface area contributed by atoms with Gasteiger partial charge in [-0.05, 0) is 24.3 Å². The van der Waals surface area contributed by atoms with Crippen molar-refractivity contribution in [3.8, 4) is 23.0 Å². The molecule has 8 heteroatoms. The van der Waals surface area contributed by atoms with E-state index in [2.05, 4.69) is 4.99 Å². The van der Waals surface area contributed by atoms with Crippen LogP contribution in [-0.4, -0.2) is 38.9 Å². The molecule has 1 amide bonds. The SMILES string of the molecule is COc1cc(OC)cc(C(=O)N=c2sc3c(OC)ccc(OC)c3n2C)c1. The fourth-order valence-corrected chi connectivity index (χ4v) is 3.84. The number of carbonyl (C=O) groups is 1. The predicted octanol–water partition coefficient (Wildman–Crippen LogP) is 3.02. The van der Waals surface area contributed by atoms with Crippen LogP contribution in [0, 0.1) is 0 Å². The van der Waals surface area contributed by atoms with Crippen LogP contribution in [0.25, 0.3) is 10.2 Å². The largest absolute Gasteiger partial charge is 0.497 e. The molecular weight excluding hydrogens is 368 g/mol. The quantitative estimate of drug-likeness (QED) is 0.672. The van der Waals surface area contributed by atoms with Gasteiger partial charge in [-0.25, -0.2) is 0 Å². The number of hydrogen-bond acceptors (Lipinski definition) is 6. The summed E-state index contributed by atoms with van der Waals surface area (Å²) in [6, 6.07) is 8.61. The zero-order chi connectivity index (χ0) is 19.6. The fourth-order valence-electron chi connectivity index (χ4n) is 2.71. The number of nitrogens with zero attached hydrogens (tertiary/aromatic N) is 2. The summed E-state index contributed by atoms with van der Waals surface area (Å²) in [6.45, 7) is 0. The summed E-state index contributed by atoms with van der Waals surface area (Å²) in [5.41, 5.74) is 1.19. The normalized spacial score (nSPS) is 11.5. The van der Waals surface area contributed by atoms with E-state index in [4.69, 9.17) is 18.9 Å². The molecule has 0 aliphatic carbocycles. The first-order valence-electron chi connectivity index (χ1n) is 8.05. The Hall–Kier alpha value is -3.00. The zero-order valence-corrected chi connectivity index (χ0v) is 16.5. The van der Waals surface area contributed by atoms with E-state index < -0.39 is 5.91 Å². The van der Waals surface area contributed by atoms with Crippen LogP contribution in [-0.2, 0) is 7.05 Å². The second-order valence-electron chi connectivity index (χ2n) is 5.61. The predicted molar refractivity (Wildman–Crippen MR) is 103 cm³/mol. The molecule has 3 rings (SSSR count). The summed E-state index contributed by atoms with van der Waals surface area (Å²) in [4.78, 5) is 17.6. The lowest BCUT2D eigenvalue weighted by Gasteiger charge is -2.07. The van der Waals surface area contributed by atoms with E-state index in [0.717, 1.165) is 10.2 Å². The summed E-state index contributed by atoms with van der Waals surface area (Å²) in [5, 5.41) is 0. The van der Waals surface area contributed by atoms with Crippen LogP contribution < -0.4 is 23.7 Å². The Labute approximate surface area is 160 Å². The number of aryl methyl sites for hydroxylation is 1. The van der Waals surface area contributed by atoms with Crippen LogP contribution >= 0.6 is 11.3 Å². The highest BCUT2D eigenvalue weighted by atomic mass is 32.1. The molecule has 2 aromatic carbocycles. The van der Waals surface area contributed by atoms with Gasteiger partial charge in [-0.3, -0.25) is 4.79 Å². The third kappa shape index (κ3) is 3.48. The molecule has 3 aromatic rings. The van der Waals surface area contributed by atoms with E-state index in [1.807, 2.05) is 23.7 Å². The molecule has 142 valence electrons. The Kier molecular flexibility index (Phi) is 5.36. The maximum absolute atomic E-state index is 12.7. The Balaban J connectivity index is 2.16. The number of rotatable bonds is 5. The maximum Gasteiger partial charge on any atom is 0.279 e. The van der Waals surface area contributed by atoms with Crippen molar-refractivity contribution in [3.63, 3.8) is 0 Å². The molecule has 0 aliphatic rings. The summed E-state index contributed by atoms with van der Waals surface area (Å²) >= 11 is 1.36. The van der Waals surface area contributed by atoms with E-state index in [-0.39, 0.29) is 0 Å². The lowest BCUT2D eigenvalue weighted by molar-refractivity contribution is 0.0997. The third-order valence-electron chi connectivity index (χ3n) is 4.11. The Morgan fingerprint density at radius 3 is 2.07 bits per heavy atom. The minimum Gasteiger partial charge on any atom is -0.497 e. The van der Waals surface area contributed by atoms with Gasteiger partial charge in [0.15, 0.2) is 4.80 Å². The van der Waals surface area contributed by atoms with Crippen LogP contribution in [0.4, 0.5) is 0 Å². The fraction of sp³-hybridized carbons (Fsp3) is 0.263. The van der Waals surface area contributed by atoms with Gasteiger partial charge in [0, 0.05) is 18.7 Å². The number of thiazole rings is 1. The molecule has 27 heavy (non-hydrogen) atoms. The Morgan fingerprint density at radius 1 is 0.926 bits per heavy atom. The van der Waals surface area contributed by atoms with E-state index in [9.17, 15) is 4.79 Å². The highest BCUT2D eigenvalue weighted by molar-refractivity contribution is 7.16. The summed E-state index contributed by atoms with van der Waals surface area (Å²) in [7, 11) is 8.10.